The van der Waals surface area contributed by atoms with Crippen LogP contribution >= 0.6 is 23.2 Å². The molecule has 5 nitrogen and oxygen atoms in total. The highest BCUT2D eigenvalue weighted by atomic mass is 35.5. The molecular formula is C15H14Cl2N4O. The van der Waals surface area contributed by atoms with Gasteiger partial charge in [-0.3, -0.25) is 0 Å². The van der Waals surface area contributed by atoms with Gasteiger partial charge in [0.1, 0.15) is 24.0 Å². The van der Waals surface area contributed by atoms with Crippen LogP contribution in [0.15, 0.2) is 35.4 Å². The molecule has 0 aliphatic carbocycles. The van der Waals surface area contributed by atoms with Crippen molar-refractivity contribution >= 4 is 23.2 Å². The van der Waals surface area contributed by atoms with E-state index in [-0.39, 0.29) is 5.41 Å². The van der Waals surface area contributed by atoms with Gasteiger partial charge in [-0.15, -0.1) is 0 Å². The molecule has 0 bridgehead atoms. The Kier molecular flexibility index (Phi) is 3.70. The van der Waals surface area contributed by atoms with Crippen molar-refractivity contribution in [1.82, 2.24) is 19.9 Å². The molecule has 0 aliphatic rings. The number of halogens is 2. The van der Waals surface area contributed by atoms with E-state index in [0.29, 0.717) is 21.5 Å². The minimum Gasteiger partial charge on any atom is -0.358 e. The number of rotatable bonds is 2. The van der Waals surface area contributed by atoms with Crippen LogP contribution in [0.5, 0.6) is 0 Å². The number of nitrogens with zero attached hydrogens (tertiary/aromatic N) is 4. The number of hydrogen-bond acceptors (Lipinski definition) is 4. The quantitative estimate of drug-likeness (QED) is 0.689. The molecule has 3 rings (SSSR count). The van der Waals surface area contributed by atoms with Gasteiger partial charge in [0.25, 0.3) is 0 Å². The Labute approximate surface area is 137 Å². The van der Waals surface area contributed by atoms with E-state index >= 15 is 0 Å². The Morgan fingerprint density at radius 1 is 1.18 bits per heavy atom. The standard InChI is InChI=1S/C15H14Cl2N4O/c1-15(2,3)14-13(21-8-18-7-19-21)12(20-22-14)10-5-4-9(16)6-11(10)17/h4-8H,1-3H3. The second-order valence-electron chi connectivity index (χ2n) is 5.92. The van der Waals surface area contributed by atoms with Crippen LogP contribution in [0.25, 0.3) is 16.9 Å². The SMILES string of the molecule is CC(C)(C)c1onc(-c2ccc(Cl)cc2Cl)c1-n1cncn1. The lowest BCUT2D eigenvalue weighted by Gasteiger charge is -2.16. The van der Waals surface area contributed by atoms with Crippen molar-refractivity contribution in [3.8, 4) is 16.9 Å². The zero-order valence-electron chi connectivity index (χ0n) is 12.3. The molecule has 2 heterocycles. The molecule has 114 valence electrons. The van der Waals surface area contributed by atoms with Crippen molar-refractivity contribution in [3.05, 3.63) is 46.7 Å². The summed E-state index contributed by atoms with van der Waals surface area (Å²) in [6.45, 7) is 6.13. The van der Waals surface area contributed by atoms with Crippen LogP contribution in [0.3, 0.4) is 0 Å². The Morgan fingerprint density at radius 2 is 1.95 bits per heavy atom. The first-order chi connectivity index (χ1) is 10.4. The van der Waals surface area contributed by atoms with Gasteiger partial charge >= 0.3 is 0 Å². The molecule has 0 N–H and O–H groups in total. The first-order valence-electron chi connectivity index (χ1n) is 6.68. The molecular weight excluding hydrogens is 323 g/mol. The molecule has 1 aromatic carbocycles. The maximum atomic E-state index is 6.31. The lowest BCUT2D eigenvalue weighted by molar-refractivity contribution is 0.329. The zero-order chi connectivity index (χ0) is 15.9. The number of benzene rings is 1. The van der Waals surface area contributed by atoms with Gasteiger partial charge in [-0.1, -0.05) is 49.1 Å². The molecule has 0 saturated heterocycles. The van der Waals surface area contributed by atoms with Crippen LogP contribution in [0.2, 0.25) is 10.0 Å². The van der Waals surface area contributed by atoms with E-state index in [4.69, 9.17) is 27.7 Å². The van der Waals surface area contributed by atoms with Crippen molar-refractivity contribution in [3.63, 3.8) is 0 Å². The normalized spacial score (nSPS) is 11.9. The van der Waals surface area contributed by atoms with Crippen molar-refractivity contribution in [2.24, 2.45) is 0 Å². The lowest BCUT2D eigenvalue weighted by atomic mass is 9.91. The summed E-state index contributed by atoms with van der Waals surface area (Å²) in [5, 5.41) is 9.48. The highest BCUT2D eigenvalue weighted by Crippen LogP contribution is 2.38. The van der Waals surface area contributed by atoms with Crippen molar-refractivity contribution in [2.75, 3.05) is 0 Å². The molecule has 3 aromatic rings. The molecule has 0 atom stereocenters. The third-order valence-corrected chi connectivity index (χ3v) is 3.73. The van der Waals surface area contributed by atoms with E-state index in [1.54, 1.807) is 23.1 Å². The molecule has 0 amide bonds. The summed E-state index contributed by atoms with van der Waals surface area (Å²) in [5.74, 6) is 0.707. The Bertz CT molecular complexity index is 804. The summed E-state index contributed by atoms with van der Waals surface area (Å²) in [6.07, 6.45) is 3.07. The summed E-state index contributed by atoms with van der Waals surface area (Å²) < 4.78 is 7.23. The van der Waals surface area contributed by atoms with Crippen LogP contribution in [-0.2, 0) is 5.41 Å². The van der Waals surface area contributed by atoms with Crippen LogP contribution in [-0.4, -0.2) is 19.9 Å². The highest BCUT2D eigenvalue weighted by Gasteiger charge is 2.29. The average Bonchev–Trinajstić information content (AvgIpc) is 3.06. The smallest absolute Gasteiger partial charge is 0.168 e. The summed E-state index contributed by atoms with van der Waals surface area (Å²) in [7, 11) is 0. The average molecular weight is 337 g/mol. The Morgan fingerprint density at radius 3 is 2.55 bits per heavy atom. The van der Waals surface area contributed by atoms with E-state index in [0.717, 1.165) is 11.3 Å². The van der Waals surface area contributed by atoms with Gasteiger partial charge in [0.2, 0.25) is 0 Å². The Hall–Kier alpha value is -1.85. The largest absolute Gasteiger partial charge is 0.358 e. The molecule has 0 radical (unpaired) electrons. The van der Waals surface area contributed by atoms with Crippen LogP contribution in [0, 0.1) is 0 Å². The first-order valence-corrected chi connectivity index (χ1v) is 7.44. The van der Waals surface area contributed by atoms with Crippen LogP contribution < -0.4 is 0 Å². The molecule has 0 spiro atoms. The number of aromatic nitrogens is 4. The third-order valence-electron chi connectivity index (χ3n) is 3.18. The fraction of sp³-hybridized carbons (Fsp3) is 0.267. The summed E-state index contributed by atoms with van der Waals surface area (Å²) in [6, 6.07) is 5.25. The van der Waals surface area contributed by atoms with E-state index in [1.165, 1.54) is 6.33 Å². The Balaban J connectivity index is 2.27. The molecule has 0 saturated carbocycles. The second-order valence-corrected chi connectivity index (χ2v) is 6.77. The van der Waals surface area contributed by atoms with Gasteiger partial charge in [-0.05, 0) is 18.2 Å². The van der Waals surface area contributed by atoms with Gasteiger partial charge in [0.05, 0.1) is 5.02 Å². The maximum absolute atomic E-state index is 6.31. The van der Waals surface area contributed by atoms with Gasteiger partial charge in [-0.2, -0.15) is 5.10 Å². The van der Waals surface area contributed by atoms with Gasteiger partial charge in [0, 0.05) is 16.0 Å². The van der Waals surface area contributed by atoms with Gasteiger partial charge in [-0.25, -0.2) is 9.67 Å². The molecule has 0 aliphatic heterocycles. The summed E-state index contributed by atoms with van der Waals surface area (Å²) in [5.41, 5.74) is 1.83. The maximum Gasteiger partial charge on any atom is 0.168 e. The minimum absolute atomic E-state index is 0.245. The monoisotopic (exact) mass is 336 g/mol. The second kappa shape index (κ2) is 5.41. The fourth-order valence-electron chi connectivity index (χ4n) is 2.17. The fourth-order valence-corrected chi connectivity index (χ4v) is 2.67. The van der Waals surface area contributed by atoms with Crippen LogP contribution in [0.1, 0.15) is 26.5 Å². The first kappa shape index (κ1) is 15.1. The van der Waals surface area contributed by atoms with Gasteiger partial charge < -0.3 is 4.52 Å². The van der Waals surface area contributed by atoms with E-state index in [1.807, 2.05) is 26.8 Å². The topological polar surface area (TPSA) is 56.7 Å². The summed E-state index contributed by atoms with van der Waals surface area (Å²) >= 11 is 12.3. The predicted octanol–water partition coefficient (Wildman–Crippen LogP) is 4.53. The summed E-state index contributed by atoms with van der Waals surface area (Å²) in [4.78, 5) is 4.00. The van der Waals surface area contributed by atoms with E-state index in [9.17, 15) is 0 Å². The predicted molar refractivity (Wildman–Crippen MR) is 85.6 cm³/mol. The third kappa shape index (κ3) is 2.62. The number of hydrogen-bond donors (Lipinski definition) is 0. The van der Waals surface area contributed by atoms with Crippen molar-refractivity contribution in [2.45, 2.75) is 26.2 Å². The molecule has 0 fully saturated rings. The van der Waals surface area contributed by atoms with E-state index < -0.39 is 0 Å². The molecule has 0 unspecified atom stereocenters. The molecule has 7 heteroatoms. The lowest BCUT2D eigenvalue weighted by Crippen LogP contribution is -2.14. The van der Waals surface area contributed by atoms with Crippen molar-refractivity contribution in [1.29, 1.82) is 0 Å². The van der Waals surface area contributed by atoms with Gasteiger partial charge in [0.15, 0.2) is 5.76 Å². The minimum atomic E-state index is -0.245. The molecule has 22 heavy (non-hydrogen) atoms. The van der Waals surface area contributed by atoms with Crippen molar-refractivity contribution < 1.29 is 4.52 Å². The zero-order valence-corrected chi connectivity index (χ0v) is 13.9. The molecule has 2 aromatic heterocycles. The van der Waals surface area contributed by atoms with E-state index in [2.05, 4.69) is 15.2 Å². The highest BCUT2D eigenvalue weighted by molar-refractivity contribution is 6.36. The van der Waals surface area contributed by atoms with Crippen LogP contribution in [0.4, 0.5) is 0 Å².